The Morgan fingerprint density at radius 1 is 1.32 bits per heavy atom. The molecule has 0 aliphatic rings. The van der Waals surface area contributed by atoms with Gasteiger partial charge >= 0.3 is 5.97 Å². The van der Waals surface area contributed by atoms with E-state index in [1.807, 2.05) is 6.08 Å². The van der Waals surface area contributed by atoms with E-state index in [9.17, 15) is 4.79 Å². The predicted octanol–water partition coefficient (Wildman–Crippen LogP) is 4.06. The van der Waals surface area contributed by atoms with Crippen molar-refractivity contribution in [1.82, 2.24) is 0 Å². The van der Waals surface area contributed by atoms with Crippen molar-refractivity contribution < 1.29 is 13.9 Å². The zero-order valence-electron chi connectivity index (χ0n) is 11.9. The van der Waals surface area contributed by atoms with Crippen LogP contribution in [0.15, 0.2) is 46.1 Å². The predicted molar refractivity (Wildman–Crippen MR) is 75.8 cm³/mol. The molecule has 0 amide bonds. The van der Waals surface area contributed by atoms with Crippen LogP contribution in [0.5, 0.6) is 0 Å². The fourth-order valence-electron chi connectivity index (χ4n) is 1.57. The standard InChI is InChI=1S/C16H22O3/c1-13(2)6-4-7-14(3)9-11-19-16(17)12-15-8-5-10-18-15/h5-6,8-10H,4,7,11-12H2,1-3H3. The van der Waals surface area contributed by atoms with E-state index in [0.29, 0.717) is 12.4 Å². The minimum Gasteiger partial charge on any atom is -0.469 e. The molecular weight excluding hydrogens is 240 g/mol. The molecule has 0 saturated carbocycles. The lowest BCUT2D eigenvalue weighted by atomic mass is 10.1. The van der Waals surface area contributed by atoms with E-state index in [0.717, 1.165) is 12.8 Å². The van der Waals surface area contributed by atoms with Gasteiger partial charge in [0.2, 0.25) is 0 Å². The monoisotopic (exact) mass is 262 g/mol. The van der Waals surface area contributed by atoms with Gasteiger partial charge in [-0.3, -0.25) is 4.79 Å². The summed E-state index contributed by atoms with van der Waals surface area (Å²) in [7, 11) is 0. The summed E-state index contributed by atoms with van der Waals surface area (Å²) in [5.41, 5.74) is 2.57. The van der Waals surface area contributed by atoms with Crippen LogP contribution in [0.1, 0.15) is 39.4 Å². The van der Waals surface area contributed by atoms with E-state index in [-0.39, 0.29) is 12.4 Å². The molecular formula is C16H22O3. The van der Waals surface area contributed by atoms with Crippen LogP contribution < -0.4 is 0 Å². The highest BCUT2D eigenvalue weighted by atomic mass is 16.5. The van der Waals surface area contributed by atoms with Crippen LogP contribution in [0.4, 0.5) is 0 Å². The normalized spacial score (nSPS) is 11.2. The minimum absolute atomic E-state index is 0.192. The molecule has 3 heteroatoms. The molecule has 104 valence electrons. The van der Waals surface area contributed by atoms with Gasteiger partial charge in [-0.1, -0.05) is 17.2 Å². The summed E-state index contributed by atoms with van der Waals surface area (Å²) < 4.78 is 10.2. The lowest BCUT2D eigenvalue weighted by Gasteiger charge is -2.02. The molecule has 3 nitrogen and oxygen atoms in total. The van der Waals surface area contributed by atoms with Crippen molar-refractivity contribution in [2.24, 2.45) is 0 Å². The first-order chi connectivity index (χ1) is 9.08. The van der Waals surface area contributed by atoms with E-state index >= 15 is 0 Å². The summed E-state index contributed by atoms with van der Waals surface area (Å²) >= 11 is 0. The fourth-order valence-corrected chi connectivity index (χ4v) is 1.57. The SMILES string of the molecule is CC(C)=CCCC(C)=CCOC(=O)Cc1ccco1. The zero-order chi connectivity index (χ0) is 14.1. The molecule has 0 bridgehead atoms. The van der Waals surface area contributed by atoms with Crippen LogP contribution in [0.3, 0.4) is 0 Å². The van der Waals surface area contributed by atoms with Gasteiger partial charge in [0.15, 0.2) is 0 Å². The lowest BCUT2D eigenvalue weighted by Crippen LogP contribution is -2.07. The summed E-state index contributed by atoms with van der Waals surface area (Å²) in [5.74, 6) is 0.373. The zero-order valence-corrected chi connectivity index (χ0v) is 11.9. The number of carbonyl (C=O) groups is 1. The highest BCUT2D eigenvalue weighted by molar-refractivity contribution is 5.71. The summed E-state index contributed by atoms with van der Waals surface area (Å²) in [4.78, 5) is 11.5. The molecule has 0 fully saturated rings. The Bertz CT molecular complexity index is 435. The van der Waals surface area contributed by atoms with Gasteiger partial charge in [0.05, 0.1) is 6.26 Å². The van der Waals surface area contributed by atoms with Gasteiger partial charge in [-0.15, -0.1) is 0 Å². The third kappa shape index (κ3) is 7.29. The van der Waals surface area contributed by atoms with Crippen LogP contribution in [0.2, 0.25) is 0 Å². The minimum atomic E-state index is -0.261. The van der Waals surface area contributed by atoms with E-state index in [1.165, 1.54) is 11.1 Å². The van der Waals surface area contributed by atoms with Crippen LogP contribution >= 0.6 is 0 Å². The van der Waals surface area contributed by atoms with Crippen molar-refractivity contribution in [3.63, 3.8) is 0 Å². The number of rotatable bonds is 7. The maximum Gasteiger partial charge on any atom is 0.313 e. The highest BCUT2D eigenvalue weighted by Crippen LogP contribution is 2.07. The van der Waals surface area contributed by atoms with Crippen LogP contribution in [-0.2, 0) is 16.0 Å². The number of hydrogen-bond donors (Lipinski definition) is 0. The van der Waals surface area contributed by atoms with Crippen molar-refractivity contribution in [3.8, 4) is 0 Å². The molecule has 19 heavy (non-hydrogen) atoms. The van der Waals surface area contributed by atoms with Gasteiger partial charge in [0, 0.05) is 0 Å². The van der Waals surface area contributed by atoms with Gasteiger partial charge < -0.3 is 9.15 Å². The second-order valence-electron chi connectivity index (χ2n) is 4.81. The molecule has 0 saturated heterocycles. The molecule has 1 aromatic heterocycles. The van der Waals surface area contributed by atoms with E-state index < -0.39 is 0 Å². The molecule has 0 atom stereocenters. The number of esters is 1. The molecule has 0 unspecified atom stereocenters. The Labute approximate surface area is 115 Å². The number of furan rings is 1. The van der Waals surface area contributed by atoms with Gasteiger partial charge in [0.25, 0.3) is 0 Å². The lowest BCUT2D eigenvalue weighted by molar-refractivity contribution is -0.141. The quantitative estimate of drug-likeness (QED) is 0.549. The maximum absolute atomic E-state index is 11.5. The van der Waals surface area contributed by atoms with E-state index in [1.54, 1.807) is 18.4 Å². The molecule has 1 aromatic rings. The van der Waals surface area contributed by atoms with Crippen molar-refractivity contribution in [3.05, 3.63) is 47.5 Å². The van der Waals surface area contributed by atoms with E-state index in [4.69, 9.17) is 9.15 Å². The van der Waals surface area contributed by atoms with Gasteiger partial charge in [-0.05, 0) is 51.8 Å². The second kappa shape index (κ2) is 8.35. The van der Waals surface area contributed by atoms with Crippen molar-refractivity contribution in [2.75, 3.05) is 6.61 Å². The Morgan fingerprint density at radius 2 is 2.11 bits per heavy atom. The molecule has 1 heterocycles. The smallest absolute Gasteiger partial charge is 0.313 e. The largest absolute Gasteiger partial charge is 0.469 e. The third-order valence-corrected chi connectivity index (χ3v) is 2.67. The van der Waals surface area contributed by atoms with E-state index in [2.05, 4.69) is 26.8 Å². The van der Waals surface area contributed by atoms with Gasteiger partial charge in [-0.2, -0.15) is 0 Å². The summed E-state index contributed by atoms with van der Waals surface area (Å²) in [6, 6.07) is 3.53. The third-order valence-electron chi connectivity index (χ3n) is 2.67. The van der Waals surface area contributed by atoms with Gasteiger partial charge in [0.1, 0.15) is 18.8 Å². The number of carbonyl (C=O) groups excluding carboxylic acids is 1. The van der Waals surface area contributed by atoms with Crippen LogP contribution in [0.25, 0.3) is 0 Å². The highest BCUT2D eigenvalue weighted by Gasteiger charge is 2.05. The first-order valence-electron chi connectivity index (χ1n) is 6.55. The average molecular weight is 262 g/mol. The Balaban J connectivity index is 2.21. The molecule has 0 aliphatic heterocycles. The van der Waals surface area contributed by atoms with Gasteiger partial charge in [-0.25, -0.2) is 0 Å². The molecule has 0 aliphatic carbocycles. The number of hydrogen-bond acceptors (Lipinski definition) is 3. The Hall–Kier alpha value is -1.77. The summed E-state index contributed by atoms with van der Waals surface area (Å²) in [6.45, 7) is 6.57. The first-order valence-corrected chi connectivity index (χ1v) is 6.55. The fraction of sp³-hybridized carbons (Fsp3) is 0.438. The second-order valence-corrected chi connectivity index (χ2v) is 4.81. The Morgan fingerprint density at radius 3 is 2.74 bits per heavy atom. The average Bonchev–Trinajstić information content (AvgIpc) is 2.81. The number of allylic oxidation sites excluding steroid dienone is 3. The molecule has 0 radical (unpaired) electrons. The van der Waals surface area contributed by atoms with Crippen molar-refractivity contribution in [1.29, 1.82) is 0 Å². The summed E-state index contributed by atoms with van der Waals surface area (Å²) in [5, 5.41) is 0. The molecule has 0 aromatic carbocycles. The van der Waals surface area contributed by atoms with Crippen LogP contribution in [-0.4, -0.2) is 12.6 Å². The molecule has 0 spiro atoms. The summed E-state index contributed by atoms with van der Waals surface area (Å²) in [6.07, 6.45) is 7.94. The first kappa shape index (κ1) is 15.3. The Kier molecular flexibility index (Phi) is 6.72. The molecule has 1 rings (SSSR count). The van der Waals surface area contributed by atoms with Crippen molar-refractivity contribution in [2.45, 2.75) is 40.0 Å². The van der Waals surface area contributed by atoms with Crippen LogP contribution in [0, 0.1) is 0 Å². The van der Waals surface area contributed by atoms with Crippen molar-refractivity contribution >= 4 is 5.97 Å². The topological polar surface area (TPSA) is 39.4 Å². The number of ether oxygens (including phenoxy) is 1. The molecule has 0 N–H and O–H groups in total. The maximum atomic E-state index is 11.5.